The summed E-state index contributed by atoms with van der Waals surface area (Å²) in [5, 5.41) is 1.97. The zero-order valence-electron chi connectivity index (χ0n) is 8.21. The van der Waals surface area contributed by atoms with Crippen LogP contribution >= 0.6 is 0 Å². The van der Waals surface area contributed by atoms with Gasteiger partial charge in [0.2, 0.25) is 0 Å². The molecule has 0 N–H and O–H groups in total. The maximum Gasteiger partial charge on any atom is 0.0557 e. The smallest absolute Gasteiger partial charge is 0.0557 e. The number of hydrogen-bond acceptors (Lipinski definition) is 2. The highest BCUT2D eigenvalue weighted by Gasteiger charge is 2.04. The minimum atomic E-state index is -2.23. The molecule has 1 unspecified atom stereocenters. The minimum Gasteiger partial charge on any atom is -0.755 e. The summed E-state index contributed by atoms with van der Waals surface area (Å²) in [7, 11) is 1.53. The maximum absolute atomic E-state index is 10.9. The Kier molecular flexibility index (Phi) is 2.70. The van der Waals surface area contributed by atoms with Crippen LogP contribution in [0.5, 0.6) is 0 Å². The number of nitrogens with zero attached hydrogens (tertiary/aromatic N) is 1. The first-order chi connectivity index (χ1) is 7.20. The molecule has 2 aromatic carbocycles. The number of benzene rings is 2. The van der Waals surface area contributed by atoms with Gasteiger partial charge in [-0.15, -0.1) is 0 Å². The van der Waals surface area contributed by atoms with E-state index in [0.717, 1.165) is 10.8 Å². The SMILES string of the molecule is CN(c1cccc2ccccc12)S(=O)[O-]. The van der Waals surface area contributed by atoms with Crippen LogP contribution in [0.25, 0.3) is 10.8 Å². The second kappa shape index (κ2) is 4.00. The van der Waals surface area contributed by atoms with Crippen LogP contribution in [0.3, 0.4) is 0 Å². The van der Waals surface area contributed by atoms with E-state index in [-0.39, 0.29) is 0 Å². The molecule has 0 heterocycles. The summed E-state index contributed by atoms with van der Waals surface area (Å²) in [5.74, 6) is 0. The summed E-state index contributed by atoms with van der Waals surface area (Å²) in [5.41, 5.74) is 0.696. The number of fused-ring (bicyclic) bond motifs is 1. The van der Waals surface area contributed by atoms with Gasteiger partial charge in [-0.3, -0.25) is 4.21 Å². The Morgan fingerprint density at radius 3 is 2.53 bits per heavy atom. The van der Waals surface area contributed by atoms with E-state index in [0.29, 0.717) is 5.69 Å². The number of hydrogen-bond donors (Lipinski definition) is 0. The van der Waals surface area contributed by atoms with Crippen LogP contribution < -0.4 is 4.31 Å². The third-order valence-corrected chi connectivity index (χ3v) is 2.97. The van der Waals surface area contributed by atoms with Crippen LogP contribution in [0, 0.1) is 0 Å². The predicted molar refractivity (Wildman–Crippen MR) is 61.3 cm³/mol. The molecule has 2 aromatic rings. The van der Waals surface area contributed by atoms with Gasteiger partial charge in [0.15, 0.2) is 0 Å². The fourth-order valence-corrected chi connectivity index (χ4v) is 1.88. The summed E-state index contributed by atoms with van der Waals surface area (Å²) in [4.78, 5) is 0. The molecular formula is C11H10NO2S-. The summed E-state index contributed by atoms with van der Waals surface area (Å²) >= 11 is -2.23. The Morgan fingerprint density at radius 2 is 1.80 bits per heavy atom. The van der Waals surface area contributed by atoms with Crippen molar-refractivity contribution in [3.63, 3.8) is 0 Å². The molecule has 0 bridgehead atoms. The van der Waals surface area contributed by atoms with Gasteiger partial charge in [0.1, 0.15) is 0 Å². The lowest BCUT2D eigenvalue weighted by atomic mass is 10.1. The highest BCUT2D eigenvalue weighted by molar-refractivity contribution is 7.80. The summed E-state index contributed by atoms with van der Waals surface area (Å²) in [6, 6.07) is 13.3. The summed E-state index contributed by atoms with van der Waals surface area (Å²) < 4.78 is 23.0. The molecule has 0 aromatic heterocycles. The van der Waals surface area contributed by atoms with E-state index in [9.17, 15) is 8.76 Å². The summed E-state index contributed by atoms with van der Waals surface area (Å²) in [6.45, 7) is 0. The minimum absolute atomic E-state index is 0.696. The monoisotopic (exact) mass is 220 g/mol. The first kappa shape index (κ1) is 10.1. The topological polar surface area (TPSA) is 43.4 Å². The number of rotatable bonds is 2. The van der Waals surface area contributed by atoms with Crippen LogP contribution in [0.4, 0.5) is 5.69 Å². The fraction of sp³-hybridized carbons (Fsp3) is 0.0909. The molecule has 78 valence electrons. The third kappa shape index (κ3) is 1.86. The Labute approximate surface area is 90.8 Å². The van der Waals surface area contributed by atoms with Crippen molar-refractivity contribution in [1.82, 2.24) is 0 Å². The molecular weight excluding hydrogens is 210 g/mol. The van der Waals surface area contributed by atoms with Crippen molar-refractivity contribution in [2.24, 2.45) is 0 Å². The highest BCUT2D eigenvalue weighted by atomic mass is 32.2. The molecule has 4 heteroatoms. The van der Waals surface area contributed by atoms with E-state index in [1.54, 1.807) is 6.07 Å². The van der Waals surface area contributed by atoms with Crippen molar-refractivity contribution in [3.05, 3.63) is 42.5 Å². The lowest BCUT2D eigenvalue weighted by Gasteiger charge is -2.22. The Morgan fingerprint density at radius 1 is 1.13 bits per heavy atom. The molecule has 15 heavy (non-hydrogen) atoms. The van der Waals surface area contributed by atoms with Crippen molar-refractivity contribution < 1.29 is 8.76 Å². The van der Waals surface area contributed by atoms with E-state index >= 15 is 0 Å². The first-order valence-corrected chi connectivity index (χ1v) is 5.54. The summed E-state index contributed by atoms with van der Waals surface area (Å²) in [6.07, 6.45) is 0. The maximum atomic E-state index is 10.9. The number of anilines is 1. The van der Waals surface area contributed by atoms with Crippen LogP contribution in [-0.4, -0.2) is 15.8 Å². The molecule has 1 atom stereocenters. The molecule has 2 rings (SSSR count). The normalized spacial score (nSPS) is 12.7. The van der Waals surface area contributed by atoms with Gasteiger partial charge in [-0.05, 0) is 11.5 Å². The Bertz CT molecular complexity index is 507. The van der Waals surface area contributed by atoms with Crippen LogP contribution in [0.2, 0.25) is 0 Å². The first-order valence-electron chi connectivity index (χ1n) is 4.51. The van der Waals surface area contributed by atoms with Crippen LogP contribution in [0.15, 0.2) is 42.5 Å². The van der Waals surface area contributed by atoms with Gasteiger partial charge in [0.25, 0.3) is 0 Å². The standard InChI is InChI=1S/C11H11NO2S/c1-12(15(13)14)11-8-4-6-9-5-2-3-7-10(9)11/h2-8H,1H3,(H,13,14)/p-1. The van der Waals surface area contributed by atoms with Gasteiger partial charge in [-0.25, -0.2) is 0 Å². The highest BCUT2D eigenvalue weighted by Crippen LogP contribution is 2.26. The molecule has 0 saturated carbocycles. The van der Waals surface area contributed by atoms with E-state index in [2.05, 4.69) is 0 Å². The van der Waals surface area contributed by atoms with Gasteiger partial charge in [-0.1, -0.05) is 36.4 Å². The zero-order valence-corrected chi connectivity index (χ0v) is 9.03. The van der Waals surface area contributed by atoms with Crippen molar-refractivity contribution in [1.29, 1.82) is 0 Å². The largest absolute Gasteiger partial charge is 0.755 e. The third-order valence-electron chi connectivity index (χ3n) is 2.33. The van der Waals surface area contributed by atoms with E-state index in [1.807, 2.05) is 36.4 Å². The molecule has 0 aliphatic rings. The zero-order chi connectivity index (χ0) is 10.8. The van der Waals surface area contributed by atoms with Gasteiger partial charge in [0.05, 0.1) is 5.69 Å². The fourth-order valence-electron chi connectivity index (χ4n) is 1.56. The predicted octanol–water partition coefficient (Wildman–Crippen LogP) is 2.07. The van der Waals surface area contributed by atoms with E-state index in [1.165, 1.54) is 11.4 Å². The second-order valence-electron chi connectivity index (χ2n) is 3.21. The van der Waals surface area contributed by atoms with Gasteiger partial charge < -0.3 is 8.86 Å². The van der Waals surface area contributed by atoms with Crippen LogP contribution in [0.1, 0.15) is 0 Å². The van der Waals surface area contributed by atoms with Gasteiger partial charge in [-0.2, -0.15) is 0 Å². The van der Waals surface area contributed by atoms with Crippen molar-refractivity contribution in [2.75, 3.05) is 11.4 Å². The quantitative estimate of drug-likeness (QED) is 0.727. The van der Waals surface area contributed by atoms with E-state index < -0.39 is 11.3 Å². The average Bonchev–Trinajstić information content (AvgIpc) is 2.27. The Hall–Kier alpha value is -1.39. The Balaban J connectivity index is 2.65. The molecule has 0 saturated heterocycles. The lowest BCUT2D eigenvalue weighted by molar-refractivity contribution is 0.535. The van der Waals surface area contributed by atoms with Crippen molar-refractivity contribution in [2.45, 2.75) is 0 Å². The molecule has 0 fully saturated rings. The average molecular weight is 220 g/mol. The molecule has 0 spiro atoms. The van der Waals surface area contributed by atoms with E-state index in [4.69, 9.17) is 0 Å². The lowest BCUT2D eigenvalue weighted by Crippen LogP contribution is -2.19. The van der Waals surface area contributed by atoms with Crippen molar-refractivity contribution >= 4 is 27.7 Å². The van der Waals surface area contributed by atoms with Crippen molar-refractivity contribution in [3.8, 4) is 0 Å². The second-order valence-corrected chi connectivity index (χ2v) is 4.19. The van der Waals surface area contributed by atoms with Gasteiger partial charge >= 0.3 is 0 Å². The molecule has 3 nitrogen and oxygen atoms in total. The molecule has 0 radical (unpaired) electrons. The molecule has 0 amide bonds. The molecule has 0 aliphatic carbocycles. The van der Waals surface area contributed by atoms with Crippen LogP contribution in [-0.2, 0) is 11.3 Å². The van der Waals surface area contributed by atoms with Gasteiger partial charge in [0, 0.05) is 23.7 Å². The molecule has 0 aliphatic heterocycles.